The van der Waals surface area contributed by atoms with Crippen molar-refractivity contribution in [3.8, 4) is 17.2 Å². The second-order valence-electron chi connectivity index (χ2n) is 5.61. The van der Waals surface area contributed by atoms with Crippen LogP contribution in [0.1, 0.15) is 49.9 Å². The molecule has 1 aromatic carbocycles. The summed E-state index contributed by atoms with van der Waals surface area (Å²) in [5, 5.41) is 19.5. The van der Waals surface area contributed by atoms with Crippen LogP contribution in [0, 0.1) is 0 Å². The SMILES string of the molecule is CCCCCOC(=O)/C=C/C(=O)Oc1cc(C(=O)OCCC)cc(O)c1O. The molecule has 1 aromatic rings. The number of unbranched alkanes of at least 4 members (excludes halogenated alkanes) is 2. The zero-order valence-electron chi connectivity index (χ0n) is 15.4. The molecule has 0 amide bonds. The van der Waals surface area contributed by atoms with Crippen molar-refractivity contribution < 1.29 is 38.8 Å². The first-order chi connectivity index (χ1) is 12.9. The van der Waals surface area contributed by atoms with Crippen LogP contribution in [-0.4, -0.2) is 41.3 Å². The van der Waals surface area contributed by atoms with E-state index in [4.69, 9.17) is 14.2 Å². The molecule has 0 aliphatic rings. The number of phenolic OH excluding ortho intramolecular Hbond substituents is 2. The number of ether oxygens (including phenoxy) is 3. The number of carbonyl (C=O) groups is 3. The van der Waals surface area contributed by atoms with E-state index < -0.39 is 35.2 Å². The molecule has 8 heteroatoms. The van der Waals surface area contributed by atoms with E-state index >= 15 is 0 Å². The third-order valence-electron chi connectivity index (χ3n) is 3.29. The Labute approximate surface area is 157 Å². The van der Waals surface area contributed by atoms with Crippen LogP contribution < -0.4 is 4.74 Å². The van der Waals surface area contributed by atoms with Gasteiger partial charge in [-0.1, -0.05) is 26.7 Å². The third kappa shape index (κ3) is 7.81. The van der Waals surface area contributed by atoms with E-state index in [1.807, 2.05) is 13.8 Å². The lowest BCUT2D eigenvalue weighted by molar-refractivity contribution is -0.138. The van der Waals surface area contributed by atoms with Crippen molar-refractivity contribution >= 4 is 17.9 Å². The predicted octanol–water partition coefficient (Wildman–Crippen LogP) is 2.86. The first kappa shape index (κ1) is 22.0. The summed E-state index contributed by atoms with van der Waals surface area (Å²) in [6, 6.07) is 2.05. The highest BCUT2D eigenvalue weighted by molar-refractivity contribution is 5.94. The van der Waals surface area contributed by atoms with Gasteiger partial charge in [0.05, 0.1) is 18.8 Å². The topological polar surface area (TPSA) is 119 Å². The van der Waals surface area contributed by atoms with E-state index in [0.717, 1.165) is 43.5 Å². The monoisotopic (exact) mass is 380 g/mol. The van der Waals surface area contributed by atoms with Gasteiger partial charge in [0.1, 0.15) is 0 Å². The molecule has 0 spiro atoms. The molecule has 0 fully saturated rings. The molecule has 0 saturated heterocycles. The van der Waals surface area contributed by atoms with E-state index in [1.165, 1.54) is 0 Å². The molecule has 0 bridgehead atoms. The Kier molecular flexibility index (Phi) is 9.42. The summed E-state index contributed by atoms with van der Waals surface area (Å²) in [4.78, 5) is 35.1. The second-order valence-corrected chi connectivity index (χ2v) is 5.61. The molecule has 0 aromatic heterocycles. The van der Waals surface area contributed by atoms with E-state index in [9.17, 15) is 24.6 Å². The molecule has 0 radical (unpaired) electrons. The van der Waals surface area contributed by atoms with Gasteiger partial charge in [0.25, 0.3) is 0 Å². The van der Waals surface area contributed by atoms with E-state index in [1.54, 1.807) is 0 Å². The highest BCUT2D eigenvalue weighted by Crippen LogP contribution is 2.36. The number of carbonyl (C=O) groups excluding carboxylic acids is 3. The van der Waals surface area contributed by atoms with Gasteiger partial charge < -0.3 is 24.4 Å². The highest BCUT2D eigenvalue weighted by Gasteiger charge is 2.17. The molecule has 0 aliphatic heterocycles. The first-order valence-electron chi connectivity index (χ1n) is 8.68. The Hall–Kier alpha value is -3.03. The van der Waals surface area contributed by atoms with Gasteiger partial charge in [-0.05, 0) is 25.0 Å². The molecule has 0 heterocycles. The summed E-state index contributed by atoms with van der Waals surface area (Å²) < 4.78 is 14.7. The van der Waals surface area contributed by atoms with Gasteiger partial charge in [0.2, 0.25) is 5.75 Å². The van der Waals surface area contributed by atoms with Gasteiger partial charge in [-0.25, -0.2) is 14.4 Å². The third-order valence-corrected chi connectivity index (χ3v) is 3.29. The Morgan fingerprint density at radius 3 is 2.30 bits per heavy atom. The molecule has 2 N–H and O–H groups in total. The number of phenols is 2. The maximum Gasteiger partial charge on any atom is 0.338 e. The van der Waals surface area contributed by atoms with E-state index in [2.05, 4.69) is 0 Å². The van der Waals surface area contributed by atoms with Gasteiger partial charge in [0, 0.05) is 12.2 Å². The van der Waals surface area contributed by atoms with Crippen LogP contribution in [-0.2, 0) is 19.1 Å². The predicted molar refractivity (Wildman–Crippen MR) is 95.6 cm³/mol. The first-order valence-corrected chi connectivity index (χ1v) is 8.68. The van der Waals surface area contributed by atoms with Crippen molar-refractivity contribution in [3.05, 3.63) is 29.8 Å². The molecular formula is C19H24O8. The summed E-state index contributed by atoms with van der Waals surface area (Å²) in [7, 11) is 0. The van der Waals surface area contributed by atoms with Crippen molar-refractivity contribution in [1.29, 1.82) is 0 Å². The van der Waals surface area contributed by atoms with Crippen LogP contribution in [0.15, 0.2) is 24.3 Å². The number of aromatic hydroxyl groups is 2. The average Bonchev–Trinajstić information content (AvgIpc) is 2.65. The molecule has 148 valence electrons. The average molecular weight is 380 g/mol. The van der Waals surface area contributed by atoms with E-state index in [-0.39, 0.29) is 18.8 Å². The minimum Gasteiger partial charge on any atom is -0.504 e. The molecule has 0 unspecified atom stereocenters. The minimum absolute atomic E-state index is 0.0964. The van der Waals surface area contributed by atoms with Gasteiger partial charge >= 0.3 is 17.9 Å². The summed E-state index contributed by atoms with van der Waals surface area (Å²) in [6.07, 6.45) is 4.97. The minimum atomic E-state index is -0.991. The quantitative estimate of drug-likeness (QED) is 0.209. The molecule has 0 atom stereocenters. The van der Waals surface area contributed by atoms with E-state index in [0.29, 0.717) is 6.42 Å². The number of hydrogen-bond acceptors (Lipinski definition) is 8. The smallest absolute Gasteiger partial charge is 0.338 e. The van der Waals surface area contributed by atoms with Gasteiger partial charge in [-0.15, -0.1) is 0 Å². The largest absolute Gasteiger partial charge is 0.504 e. The second kappa shape index (κ2) is 11.6. The zero-order chi connectivity index (χ0) is 20.2. The van der Waals surface area contributed by atoms with Crippen LogP contribution in [0.3, 0.4) is 0 Å². The molecular weight excluding hydrogens is 356 g/mol. The fourth-order valence-corrected chi connectivity index (χ4v) is 1.92. The molecule has 0 aliphatic carbocycles. The number of hydrogen-bond donors (Lipinski definition) is 2. The van der Waals surface area contributed by atoms with Gasteiger partial charge in [-0.2, -0.15) is 0 Å². The molecule has 1 rings (SSSR count). The van der Waals surface area contributed by atoms with Crippen LogP contribution in [0.25, 0.3) is 0 Å². The number of benzene rings is 1. The summed E-state index contributed by atoms with van der Waals surface area (Å²) >= 11 is 0. The van der Waals surface area contributed by atoms with Crippen LogP contribution in [0.2, 0.25) is 0 Å². The van der Waals surface area contributed by atoms with Crippen molar-refractivity contribution in [2.24, 2.45) is 0 Å². The van der Waals surface area contributed by atoms with Crippen LogP contribution in [0.4, 0.5) is 0 Å². The van der Waals surface area contributed by atoms with Crippen molar-refractivity contribution in [2.45, 2.75) is 39.5 Å². The lowest BCUT2D eigenvalue weighted by Gasteiger charge is -2.09. The van der Waals surface area contributed by atoms with Crippen molar-refractivity contribution in [3.63, 3.8) is 0 Å². The van der Waals surface area contributed by atoms with Gasteiger partial charge in [0.15, 0.2) is 11.5 Å². The maximum atomic E-state index is 11.8. The number of rotatable bonds is 10. The fourth-order valence-electron chi connectivity index (χ4n) is 1.92. The Balaban J connectivity index is 2.72. The van der Waals surface area contributed by atoms with Crippen LogP contribution in [0.5, 0.6) is 17.2 Å². The highest BCUT2D eigenvalue weighted by atomic mass is 16.5. The molecule has 27 heavy (non-hydrogen) atoms. The Morgan fingerprint density at radius 2 is 1.63 bits per heavy atom. The maximum absolute atomic E-state index is 11.8. The van der Waals surface area contributed by atoms with Gasteiger partial charge in [-0.3, -0.25) is 0 Å². The summed E-state index contributed by atoms with van der Waals surface area (Å²) in [6.45, 7) is 4.26. The standard InChI is InChI=1S/C19H24O8/c1-3-5-6-10-25-16(21)7-8-17(22)27-15-12-13(11-14(20)18(15)23)19(24)26-9-4-2/h7-8,11-12,20,23H,3-6,9-10H2,1-2H3/b8-7+. The Morgan fingerprint density at radius 1 is 0.926 bits per heavy atom. The molecule has 8 nitrogen and oxygen atoms in total. The van der Waals surface area contributed by atoms with Crippen molar-refractivity contribution in [2.75, 3.05) is 13.2 Å². The lowest BCUT2D eigenvalue weighted by Crippen LogP contribution is -2.09. The molecule has 0 saturated carbocycles. The zero-order valence-corrected chi connectivity index (χ0v) is 15.4. The van der Waals surface area contributed by atoms with Crippen molar-refractivity contribution in [1.82, 2.24) is 0 Å². The summed E-state index contributed by atoms with van der Waals surface area (Å²) in [5.74, 6) is -4.24. The number of esters is 3. The fraction of sp³-hybridized carbons (Fsp3) is 0.421. The summed E-state index contributed by atoms with van der Waals surface area (Å²) in [5.41, 5.74) is -0.0964. The van der Waals surface area contributed by atoms with Crippen LogP contribution >= 0.6 is 0 Å². The normalized spacial score (nSPS) is 10.6. The Bertz CT molecular complexity index is 693. The lowest BCUT2D eigenvalue weighted by atomic mass is 10.2.